The molecular formula is C15H14F2O. The lowest BCUT2D eigenvalue weighted by Gasteiger charge is -2.26. The predicted octanol–water partition coefficient (Wildman–Crippen LogP) is 3.53. The van der Waals surface area contributed by atoms with E-state index in [9.17, 15) is 13.9 Å². The lowest BCUT2D eigenvalue weighted by Crippen LogP contribution is -2.25. The van der Waals surface area contributed by atoms with Gasteiger partial charge in [0.2, 0.25) is 0 Å². The summed E-state index contributed by atoms with van der Waals surface area (Å²) < 4.78 is 27.0. The first-order valence-electron chi connectivity index (χ1n) is 5.67. The Hall–Kier alpha value is -1.74. The number of hydrogen-bond donors (Lipinski definition) is 1. The van der Waals surface area contributed by atoms with E-state index in [1.807, 2.05) is 19.1 Å². The van der Waals surface area contributed by atoms with E-state index in [0.29, 0.717) is 5.56 Å². The highest BCUT2D eigenvalue weighted by Crippen LogP contribution is 2.33. The van der Waals surface area contributed by atoms with E-state index < -0.39 is 17.2 Å². The summed E-state index contributed by atoms with van der Waals surface area (Å²) >= 11 is 0. The Kier molecular flexibility index (Phi) is 3.18. The summed E-state index contributed by atoms with van der Waals surface area (Å²) in [6, 6.07) is 10.2. The summed E-state index contributed by atoms with van der Waals surface area (Å²) in [4.78, 5) is 0. The summed E-state index contributed by atoms with van der Waals surface area (Å²) in [6.07, 6.45) is 0. The van der Waals surface area contributed by atoms with Gasteiger partial charge in [0.05, 0.1) is 0 Å². The molecule has 0 aliphatic carbocycles. The SMILES string of the molecule is Cc1ccccc1C(C)(O)c1cc(F)ccc1F. The number of hydrogen-bond acceptors (Lipinski definition) is 1. The molecule has 0 aromatic heterocycles. The maximum Gasteiger partial charge on any atom is 0.129 e. The molecule has 0 fully saturated rings. The van der Waals surface area contributed by atoms with Crippen molar-refractivity contribution in [1.29, 1.82) is 0 Å². The van der Waals surface area contributed by atoms with Gasteiger partial charge in [0, 0.05) is 5.56 Å². The molecule has 0 saturated carbocycles. The molecule has 0 aliphatic rings. The molecule has 2 aromatic carbocycles. The van der Waals surface area contributed by atoms with E-state index in [1.165, 1.54) is 6.92 Å². The third-order valence-electron chi connectivity index (χ3n) is 3.12. The lowest BCUT2D eigenvalue weighted by molar-refractivity contribution is 0.0968. The van der Waals surface area contributed by atoms with Crippen molar-refractivity contribution in [2.24, 2.45) is 0 Å². The second kappa shape index (κ2) is 4.50. The molecular weight excluding hydrogens is 234 g/mol. The van der Waals surface area contributed by atoms with Crippen LogP contribution in [0.3, 0.4) is 0 Å². The molecule has 0 spiro atoms. The number of rotatable bonds is 2. The van der Waals surface area contributed by atoms with E-state index in [2.05, 4.69) is 0 Å². The average molecular weight is 248 g/mol. The van der Waals surface area contributed by atoms with Crippen LogP contribution in [0.5, 0.6) is 0 Å². The van der Waals surface area contributed by atoms with Crippen molar-refractivity contribution >= 4 is 0 Å². The molecule has 1 N–H and O–H groups in total. The van der Waals surface area contributed by atoms with E-state index in [4.69, 9.17) is 0 Å². The Labute approximate surface area is 105 Å². The Morgan fingerprint density at radius 2 is 1.67 bits per heavy atom. The van der Waals surface area contributed by atoms with Gasteiger partial charge in [-0.1, -0.05) is 24.3 Å². The first-order chi connectivity index (χ1) is 8.43. The molecule has 94 valence electrons. The highest BCUT2D eigenvalue weighted by molar-refractivity contribution is 5.40. The van der Waals surface area contributed by atoms with Crippen LogP contribution in [0.25, 0.3) is 0 Å². The third kappa shape index (κ3) is 2.14. The van der Waals surface area contributed by atoms with Gasteiger partial charge in [0.1, 0.15) is 17.2 Å². The maximum absolute atomic E-state index is 13.8. The van der Waals surface area contributed by atoms with Crippen molar-refractivity contribution in [2.75, 3.05) is 0 Å². The van der Waals surface area contributed by atoms with Crippen LogP contribution < -0.4 is 0 Å². The summed E-state index contributed by atoms with van der Waals surface area (Å²) in [5.41, 5.74) is -0.227. The molecule has 0 bridgehead atoms. The molecule has 0 heterocycles. The van der Waals surface area contributed by atoms with Crippen LogP contribution in [-0.2, 0) is 5.60 Å². The molecule has 2 aromatic rings. The smallest absolute Gasteiger partial charge is 0.129 e. The molecule has 0 amide bonds. The normalized spacial score (nSPS) is 14.3. The Morgan fingerprint density at radius 3 is 2.33 bits per heavy atom. The van der Waals surface area contributed by atoms with E-state index in [0.717, 1.165) is 23.8 Å². The summed E-state index contributed by atoms with van der Waals surface area (Å²) in [7, 11) is 0. The van der Waals surface area contributed by atoms with Crippen LogP contribution in [0, 0.1) is 18.6 Å². The minimum absolute atomic E-state index is 0.0585. The lowest BCUT2D eigenvalue weighted by atomic mass is 9.85. The van der Waals surface area contributed by atoms with Crippen molar-refractivity contribution < 1.29 is 13.9 Å². The number of aryl methyl sites for hydroxylation is 1. The van der Waals surface area contributed by atoms with Crippen LogP contribution in [0.4, 0.5) is 8.78 Å². The number of aliphatic hydroxyl groups is 1. The van der Waals surface area contributed by atoms with Gasteiger partial charge >= 0.3 is 0 Å². The van der Waals surface area contributed by atoms with Crippen LogP contribution in [0.15, 0.2) is 42.5 Å². The second-order valence-corrected chi connectivity index (χ2v) is 4.51. The van der Waals surface area contributed by atoms with Crippen LogP contribution in [0.1, 0.15) is 23.6 Å². The van der Waals surface area contributed by atoms with Gasteiger partial charge < -0.3 is 5.11 Å². The van der Waals surface area contributed by atoms with Gasteiger partial charge in [-0.3, -0.25) is 0 Å². The van der Waals surface area contributed by atoms with Gasteiger partial charge in [-0.05, 0) is 43.2 Å². The van der Waals surface area contributed by atoms with E-state index in [1.54, 1.807) is 12.1 Å². The van der Waals surface area contributed by atoms with Gasteiger partial charge in [-0.25, -0.2) is 8.78 Å². The molecule has 0 saturated heterocycles. The second-order valence-electron chi connectivity index (χ2n) is 4.51. The van der Waals surface area contributed by atoms with Crippen LogP contribution in [0.2, 0.25) is 0 Å². The van der Waals surface area contributed by atoms with Crippen molar-refractivity contribution in [1.82, 2.24) is 0 Å². The van der Waals surface area contributed by atoms with Gasteiger partial charge in [0.25, 0.3) is 0 Å². The van der Waals surface area contributed by atoms with Gasteiger partial charge in [-0.2, -0.15) is 0 Å². The fraction of sp³-hybridized carbons (Fsp3) is 0.200. The topological polar surface area (TPSA) is 20.2 Å². The first-order valence-corrected chi connectivity index (χ1v) is 5.67. The molecule has 0 aliphatic heterocycles. The molecule has 18 heavy (non-hydrogen) atoms. The minimum Gasteiger partial charge on any atom is -0.381 e. The molecule has 0 radical (unpaired) electrons. The third-order valence-corrected chi connectivity index (χ3v) is 3.12. The average Bonchev–Trinajstić information content (AvgIpc) is 2.32. The Bertz CT molecular complexity index is 576. The molecule has 1 unspecified atom stereocenters. The van der Waals surface area contributed by atoms with Crippen molar-refractivity contribution in [3.8, 4) is 0 Å². The van der Waals surface area contributed by atoms with Gasteiger partial charge in [0.15, 0.2) is 0 Å². The zero-order valence-corrected chi connectivity index (χ0v) is 10.2. The number of halogens is 2. The van der Waals surface area contributed by atoms with Crippen molar-refractivity contribution in [2.45, 2.75) is 19.4 Å². The maximum atomic E-state index is 13.8. The molecule has 3 heteroatoms. The first kappa shape index (κ1) is 12.7. The number of benzene rings is 2. The zero-order valence-electron chi connectivity index (χ0n) is 10.2. The summed E-state index contributed by atoms with van der Waals surface area (Å²) in [6.45, 7) is 3.29. The fourth-order valence-corrected chi connectivity index (χ4v) is 2.13. The monoisotopic (exact) mass is 248 g/mol. The summed E-state index contributed by atoms with van der Waals surface area (Å²) in [5.74, 6) is -1.19. The van der Waals surface area contributed by atoms with Crippen molar-refractivity contribution in [3.05, 3.63) is 70.8 Å². The zero-order chi connectivity index (χ0) is 13.3. The van der Waals surface area contributed by atoms with Crippen molar-refractivity contribution in [3.63, 3.8) is 0 Å². The van der Waals surface area contributed by atoms with Crippen LogP contribution >= 0.6 is 0 Å². The minimum atomic E-state index is -1.56. The quantitative estimate of drug-likeness (QED) is 0.862. The standard InChI is InChI=1S/C15H14F2O/c1-10-5-3-4-6-12(10)15(2,18)13-9-11(16)7-8-14(13)17/h3-9,18H,1-2H3. The van der Waals surface area contributed by atoms with E-state index >= 15 is 0 Å². The predicted molar refractivity (Wildman–Crippen MR) is 66.2 cm³/mol. The van der Waals surface area contributed by atoms with Crippen LogP contribution in [-0.4, -0.2) is 5.11 Å². The summed E-state index contributed by atoms with van der Waals surface area (Å²) in [5, 5.41) is 10.5. The molecule has 2 rings (SSSR count). The molecule has 1 nitrogen and oxygen atoms in total. The largest absolute Gasteiger partial charge is 0.381 e. The highest BCUT2D eigenvalue weighted by Gasteiger charge is 2.30. The highest BCUT2D eigenvalue weighted by atomic mass is 19.1. The Balaban J connectivity index is 2.61. The van der Waals surface area contributed by atoms with Gasteiger partial charge in [-0.15, -0.1) is 0 Å². The molecule has 1 atom stereocenters. The fourth-order valence-electron chi connectivity index (χ4n) is 2.13. The Morgan fingerprint density at radius 1 is 1.00 bits per heavy atom. The van der Waals surface area contributed by atoms with E-state index in [-0.39, 0.29) is 5.56 Å².